The first-order chi connectivity index (χ1) is 13.6. The lowest BCUT2D eigenvalue weighted by molar-refractivity contribution is 0.0999. The Morgan fingerprint density at radius 2 is 1.82 bits per heavy atom. The van der Waals surface area contributed by atoms with E-state index in [1.165, 1.54) is 5.56 Å². The number of nitrogens with one attached hydrogen (secondary N) is 2. The van der Waals surface area contributed by atoms with Crippen molar-refractivity contribution in [1.82, 2.24) is 0 Å². The zero-order valence-electron chi connectivity index (χ0n) is 15.3. The van der Waals surface area contributed by atoms with E-state index in [4.69, 9.17) is 16.0 Å². The summed E-state index contributed by atoms with van der Waals surface area (Å²) in [6, 6.07) is 22.9. The predicted molar refractivity (Wildman–Crippen MR) is 114 cm³/mol. The van der Waals surface area contributed by atoms with Crippen molar-refractivity contribution in [2.45, 2.75) is 13.5 Å². The minimum Gasteiger partial charge on any atom is -0.449 e. The highest BCUT2D eigenvalue weighted by atomic mass is 35.5. The summed E-state index contributed by atoms with van der Waals surface area (Å²) < 4.78 is 5.87. The van der Waals surface area contributed by atoms with Gasteiger partial charge in [-0.15, -0.1) is 0 Å². The van der Waals surface area contributed by atoms with Crippen LogP contribution in [0.4, 0.5) is 11.4 Å². The molecule has 5 heteroatoms. The van der Waals surface area contributed by atoms with Gasteiger partial charge in [-0.3, -0.25) is 4.79 Å². The molecule has 0 aliphatic carbocycles. The molecule has 2 N–H and O–H groups in total. The highest BCUT2D eigenvalue weighted by Crippen LogP contribution is 2.32. The van der Waals surface area contributed by atoms with Crippen LogP contribution in [0.3, 0.4) is 0 Å². The lowest BCUT2D eigenvalue weighted by Crippen LogP contribution is -2.13. The quantitative estimate of drug-likeness (QED) is 0.423. The van der Waals surface area contributed by atoms with Gasteiger partial charge in [0.2, 0.25) is 5.76 Å². The fraction of sp³-hybridized carbons (Fsp3) is 0.0870. The summed E-state index contributed by atoms with van der Waals surface area (Å²) in [7, 11) is 0. The molecule has 0 saturated heterocycles. The second-order valence-electron chi connectivity index (χ2n) is 6.61. The molecule has 1 aromatic heterocycles. The number of benzene rings is 3. The second kappa shape index (κ2) is 7.79. The average molecular weight is 391 g/mol. The van der Waals surface area contributed by atoms with Gasteiger partial charge in [-0.2, -0.15) is 0 Å². The van der Waals surface area contributed by atoms with Crippen LogP contribution in [0.5, 0.6) is 0 Å². The van der Waals surface area contributed by atoms with Gasteiger partial charge in [-0.25, -0.2) is 0 Å². The molecule has 140 valence electrons. The molecule has 0 saturated carbocycles. The standard InChI is InChI=1S/C23H19ClN2O2/c1-15-6-4-7-16(12-15)14-25-21-19-10-2-3-11-20(19)28-22(21)23(27)26-18-9-5-8-17(24)13-18/h2-13,25H,14H2,1H3,(H,26,27). The topological polar surface area (TPSA) is 54.3 Å². The molecule has 3 aromatic carbocycles. The zero-order valence-corrected chi connectivity index (χ0v) is 16.1. The van der Waals surface area contributed by atoms with E-state index in [9.17, 15) is 4.79 Å². The van der Waals surface area contributed by atoms with Crippen LogP contribution in [0.15, 0.2) is 77.2 Å². The molecule has 1 heterocycles. The van der Waals surface area contributed by atoms with E-state index in [-0.39, 0.29) is 11.7 Å². The Bertz CT molecular complexity index is 1150. The maximum Gasteiger partial charge on any atom is 0.293 e. The lowest BCUT2D eigenvalue weighted by atomic mass is 10.1. The van der Waals surface area contributed by atoms with Crippen molar-refractivity contribution >= 4 is 39.9 Å². The van der Waals surface area contributed by atoms with E-state index >= 15 is 0 Å². The van der Waals surface area contributed by atoms with Gasteiger partial charge in [0.25, 0.3) is 5.91 Å². The summed E-state index contributed by atoms with van der Waals surface area (Å²) >= 11 is 6.01. The number of rotatable bonds is 5. The molecule has 0 bridgehead atoms. The number of fused-ring (bicyclic) bond motifs is 1. The fourth-order valence-corrected chi connectivity index (χ4v) is 3.34. The Kier molecular flexibility index (Phi) is 5.04. The van der Waals surface area contributed by atoms with Crippen LogP contribution >= 0.6 is 11.6 Å². The normalized spacial score (nSPS) is 10.8. The number of aryl methyl sites for hydroxylation is 1. The molecule has 28 heavy (non-hydrogen) atoms. The third kappa shape index (κ3) is 3.87. The molecule has 0 spiro atoms. The van der Waals surface area contributed by atoms with Crippen LogP contribution < -0.4 is 10.6 Å². The molecule has 0 fully saturated rings. The number of para-hydroxylation sites is 1. The Morgan fingerprint density at radius 1 is 1.00 bits per heavy atom. The number of halogens is 1. The highest BCUT2D eigenvalue weighted by Gasteiger charge is 2.20. The van der Waals surface area contributed by atoms with Crippen LogP contribution in [0.25, 0.3) is 11.0 Å². The predicted octanol–water partition coefficient (Wildman–Crippen LogP) is 6.26. The Balaban J connectivity index is 1.65. The summed E-state index contributed by atoms with van der Waals surface area (Å²) in [6.45, 7) is 2.64. The van der Waals surface area contributed by atoms with Gasteiger partial charge in [-0.05, 0) is 42.8 Å². The maximum absolute atomic E-state index is 12.9. The molecule has 0 unspecified atom stereocenters. The van der Waals surface area contributed by atoms with E-state index in [0.717, 1.165) is 10.9 Å². The van der Waals surface area contributed by atoms with E-state index in [1.54, 1.807) is 24.3 Å². The third-order valence-corrected chi connectivity index (χ3v) is 4.67. The molecule has 0 atom stereocenters. The molecular formula is C23H19ClN2O2. The molecular weight excluding hydrogens is 372 g/mol. The van der Waals surface area contributed by atoms with E-state index < -0.39 is 0 Å². The summed E-state index contributed by atoms with van der Waals surface area (Å²) in [5, 5.41) is 7.65. The average Bonchev–Trinajstić information content (AvgIpc) is 3.05. The van der Waals surface area contributed by atoms with Crippen molar-refractivity contribution in [3.8, 4) is 0 Å². The van der Waals surface area contributed by atoms with E-state index in [1.807, 2.05) is 36.4 Å². The zero-order chi connectivity index (χ0) is 19.5. The van der Waals surface area contributed by atoms with Crippen molar-refractivity contribution in [2.75, 3.05) is 10.6 Å². The van der Waals surface area contributed by atoms with Crippen molar-refractivity contribution in [1.29, 1.82) is 0 Å². The van der Waals surface area contributed by atoms with E-state index in [0.29, 0.717) is 28.5 Å². The van der Waals surface area contributed by atoms with Crippen LogP contribution in [0.1, 0.15) is 21.7 Å². The molecule has 0 aliphatic rings. The Morgan fingerprint density at radius 3 is 2.64 bits per heavy atom. The molecule has 4 aromatic rings. The number of hydrogen-bond acceptors (Lipinski definition) is 3. The van der Waals surface area contributed by atoms with Crippen molar-refractivity contribution in [3.05, 3.63) is 94.7 Å². The number of carbonyl (C=O) groups excluding carboxylic acids is 1. The Labute approximate surface area is 168 Å². The van der Waals surface area contributed by atoms with E-state index in [2.05, 4.69) is 29.7 Å². The summed E-state index contributed by atoms with van der Waals surface area (Å²) in [6.07, 6.45) is 0. The summed E-state index contributed by atoms with van der Waals surface area (Å²) in [4.78, 5) is 12.9. The second-order valence-corrected chi connectivity index (χ2v) is 7.05. The maximum atomic E-state index is 12.9. The van der Waals surface area contributed by atoms with Crippen molar-refractivity contribution < 1.29 is 9.21 Å². The molecule has 0 aliphatic heterocycles. The van der Waals surface area contributed by atoms with Crippen LogP contribution in [0.2, 0.25) is 5.02 Å². The molecule has 1 amide bonds. The number of carbonyl (C=O) groups is 1. The SMILES string of the molecule is Cc1cccc(CNc2c(C(=O)Nc3cccc(Cl)c3)oc3ccccc23)c1. The molecule has 4 rings (SSSR count). The molecule has 4 nitrogen and oxygen atoms in total. The third-order valence-electron chi connectivity index (χ3n) is 4.44. The number of anilines is 2. The van der Waals surface area contributed by atoms with Gasteiger partial charge in [-0.1, -0.05) is 59.6 Å². The van der Waals surface area contributed by atoms with Crippen LogP contribution in [-0.4, -0.2) is 5.91 Å². The number of amides is 1. The first kappa shape index (κ1) is 18.1. The minimum atomic E-state index is -0.329. The van der Waals surface area contributed by atoms with Gasteiger partial charge in [0.1, 0.15) is 5.58 Å². The minimum absolute atomic E-state index is 0.244. The van der Waals surface area contributed by atoms with Crippen molar-refractivity contribution in [2.24, 2.45) is 0 Å². The largest absolute Gasteiger partial charge is 0.449 e. The summed E-state index contributed by atoms with van der Waals surface area (Å²) in [5.74, 6) is -0.0842. The monoisotopic (exact) mass is 390 g/mol. The van der Waals surface area contributed by atoms with Gasteiger partial charge in [0, 0.05) is 22.6 Å². The van der Waals surface area contributed by atoms with Crippen LogP contribution in [0, 0.1) is 6.92 Å². The lowest BCUT2D eigenvalue weighted by Gasteiger charge is -2.09. The fourth-order valence-electron chi connectivity index (χ4n) is 3.15. The van der Waals surface area contributed by atoms with Crippen LogP contribution in [-0.2, 0) is 6.54 Å². The number of hydrogen-bond donors (Lipinski definition) is 2. The van der Waals surface area contributed by atoms with Gasteiger partial charge < -0.3 is 15.1 Å². The highest BCUT2D eigenvalue weighted by molar-refractivity contribution is 6.31. The first-order valence-corrected chi connectivity index (χ1v) is 9.36. The Hall–Kier alpha value is -3.24. The summed E-state index contributed by atoms with van der Waals surface area (Å²) in [5.41, 5.74) is 4.27. The van der Waals surface area contributed by atoms with Gasteiger partial charge in [0.05, 0.1) is 5.69 Å². The van der Waals surface area contributed by atoms with Crippen molar-refractivity contribution in [3.63, 3.8) is 0 Å². The first-order valence-electron chi connectivity index (χ1n) is 8.98. The number of furan rings is 1. The van der Waals surface area contributed by atoms with Gasteiger partial charge >= 0.3 is 0 Å². The molecule has 0 radical (unpaired) electrons. The smallest absolute Gasteiger partial charge is 0.293 e. The van der Waals surface area contributed by atoms with Gasteiger partial charge in [0.15, 0.2) is 0 Å².